The fourth-order valence-corrected chi connectivity index (χ4v) is 4.65. The molecule has 1 nitrogen and oxygen atoms in total. The van der Waals surface area contributed by atoms with Crippen LogP contribution in [0.3, 0.4) is 0 Å². The molecular formula is C24H39N. The van der Waals surface area contributed by atoms with Crippen molar-refractivity contribution in [2.24, 2.45) is 16.2 Å². The van der Waals surface area contributed by atoms with Gasteiger partial charge in [0.05, 0.1) is 0 Å². The van der Waals surface area contributed by atoms with Crippen molar-refractivity contribution in [3.8, 4) is 0 Å². The van der Waals surface area contributed by atoms with E-state index in [1.807, 2.05) is 0 Å². The number of aromatic nitrogens is 1. The van der Waals surface area contributed by atoms with Gasteiger partial charge in [0.1, 0.15) is 0 Å². The van der Waals surface area contributed by atoms with Gasteiger partial charge in [0.2, 0.25) is 0 Å². The minimum absolute atomic E-state index is 0.427. The molecule has 1 aromatic heterocycles. The van der Waals surface area contributed by atoms with Crippen LogP contribution in [0.5, 0.6) is 0 Å². The van der Waals surface area contributed by atoms with E-state index in [2.05, 4.69) is 48.5 Å². The molecule has 0 saturated heterocycles. The van der Waals surface area contributed by atoms with Crippen LogP contribution in [0.15, 0.2) is 0 Å². The minimum atomic E-state index is 0.427. The summed E-state index contributed by atoms with van der Waals surface area (Å²) in [5.41, 5.74) is 9.19. The van der Waals surface area contributed by atoms with E-state index in [4.69, 9.17) is 4.98 Å². The molecule has 0 atom stereocenters. The number of nitrogens with zero attached hydrogens (tertiary/aromatic N) is 1. The number of fused-ring (bicyclic) bond motifs is 3. The Labute approximate surface area is 156 Å². The summed E-state index contributed by atoms with van der Waals surface area (Å²) in [6, 6.07) is 0. The standard InChI is InChI=1S/C24H39N/c1-8-22(2,3)13-10-20-18-15-23(4,5)12-9-17(18)19-16-24(6,7)14-11-21(19)25-20/h8-16H2,1-7H3. The molecule has 2 aliphatic rings. The molecule has 0 aromatic carbocycles. The monoisotopic (exact) mass is 341 g/mol. The highest BCUT2D eigenvalue weighted by molar-refractivity contribution is 5.45. The van der Waals surface area contributed by atoms with Gasteiger partial charge in [-0.15, -0.1) is 0 Å². The summed E-state index contributed by atoms with van der Waals surface area (Å²) in [7, 11) is 0. The summed E-state index contributed by atoms with van der Waals surface area (Å²) >= 11 is 0. The number of aryl methyl sites for hydroxylation is 2. The van der Waals surface area contributed by atoms with E-state index in [-0.39, 0.29) is 0 Å². The van der Waals surface area contributed by atoms with E-state index in [0.29, 0.717) is 16.2 Å². The lowest BCUT2D eigenvalue weighted by atomic mass is 9.68. The molecule has 0 saturated carbocycles. The third kappa shape index (κ3) is 4.12. The number of pyridine rings is 1. The quantitative estimate of drug-likeness (QED) is 0.610. The molecular weight excluding hydrogens is 302 g/mol. The summed E-state index contributed by atoms with van der Waals surface area (Å²) in [5.74, 6) is 0. The molecule has 3 rings (SSSR count). The molecule has 1 aromatic rings. The van der Waals surface area contributed by atoms with E-state index < -0.39 is 0 Å². The van der Waals surface area contributed by atoms with Crippen molar-refractivity contribution in [2.45, 2.75) is 106 Å². The predicted molar refractivity (Wildman–Crippen MR) is 108 cm³/mol. The normalized spacial score (nSPS) is 21.6. The molecule has 0 radical (unpaired) electrons. The molecule has 0 unspecified atom stereocenters. The van der Waals surface area contributed by atoms with Gasteiger partial charge in [0, 0.05) is 11.4 Å². The zero-order chi connectivity index (χ0) is 18.5. The van der Waals surface area contributed by atoms with Crippen molar-refractivity contribution in [3.63, 3.8) is 0 Å². The smallest absolute Gasteiger partial charge is 0.0442 e. The first-order valence-corrected chi connectivity index (χ1v) is 10.5. The fraction of sp³-hybridized carbons (Fsp3) is 0.792. The first kappa shape index (κ1) is 18.9. The van der Waals surface area contributed by atoms with Crippen LogP contribution < -0.4 is 0 Å². The van der Waals surface area contributed by atoms with Gasteiger partial charge in [-0.25, -0.2) is 0 Å². The molecule has 0 aliphatic heterocycles. The van der Waals surface area contributed by atoms with Crippen LogP contribution in [0.25, 0.3) is 0 Å². The molecule has 0 fully saturated rings. The van der Waals surface area contributed by atoms with E-state index in [9.17, 15) is 0 Å². The van der Waals surface area contributed by atoms with Crippen LogP contribution >= 0.6 is 0 Å². The van der Waals surface area contributed by atoms with Crippen molar-refractivity contribution in [2.75, 3.05) is 0 Å². The summed E-state index contributed by atoms with van der Waals surface area (Å²) in [6.45, 7) is 16.9. The Kier molecular flexibility index (Phi) is 4.84. The maximum atomic E-state index is 5.30. The second-order valence-corrected chi connectivity index (χ2v) is 11.1. The van der Waals surface area contributed by atoms with E-state index >= 15 is 0 Å². The number of hydrogen-bond donors (Lipinski definition) is 0. The highest BCUT2D eigenvalue weighted by Crippen LogP contribution is 2.43. The summed E-state index contributed by atoms with van der Waals surface area (Å²) in [5, 5.41) is 0. The molecule has 1 heterocycles. The van der Waals surface area contributed by atoms with Gasteiger partial charge in [-0.3, -0.25) is 4.98 Å². The Balaban J connectivity index is 2.01. The van der Waals surface area contributed by atoms with Crippen molar-refractivity contribution >= 4 is 0 Å². The lowest BCUT2D eigenvalue weighted by Gasteiger charge is -2.38. The van der Waals surface area contributed by atoms with Crippen LogP contribution in [0.1, 0.15) is 102 Å². The number of hydrogen-bond acceptors (Lipinski definition) is 1. The first-order valence-electron chi connectivity index (χ1n) is 10.5. The lowest BCUT2D eigenvalue weighted by molar-refractivity contribution is 0.291. The van der Waals surface area contributed by atoms with Crippen LogP contribution in [-0.4, -0.2) is 4.98 Å². The topological polar surface area (TPSA) is 12.9 Å². The molecule has 0 N–H and O–H groups in total. The Morgan fingerprint density at radius 2 is 1.48 bits per heavy atom. The highest BCUT2D eigenvalue weighted by atomic mass is 14.7. The van der Waals surface area contributed by atoms with Crippen LogP contribution in [0, 0.1) is 16.2 Å². The largest absolute Gasteiger partial charge is 0.257 e. The fourth-order valence-electron chi connectivity index (χ4n) is 4.65. The Morgan fingerprint density at radius 1 is 0.880 bits per heavy atom. The summed E-state index contributed by atoms with van der Waals surface area (Å²) < 4.78 is 0. The Bertz CT molecular complexity index is 649. The second-order valence-electron chi connectivity index (χ2n) is 11.1. The zero-order valence-electron chi connectivity index (χ0n) is 17.8. The average molecular weight is 342 g/mol. The lowest BCUT2D eigenvalue weighted by Crippen LogP contribution is -2.30. The highest BCUT2D eigenvalue weighted by Gasteiger charge is 2.34. The van der Waals surface area contributed by atoms with Gasteiger partial charge < -0.3 is 0 Å². The summed E-state index contributed by atoms with van der Waals surface area (Å²) in [4.78, 5) is 5.30. The van der Waals surface area contributed by atoms with Crippen LogP contribution in [0.4, 0.5) is 0 Å². The SMILES string of the molecule is CCC(C)(C)CCc1nc2c(c3c1CC(C)(C)CC3)CC(C)(C)CC2. The van der Waals surface area contributed by atoms with Gasteiger partial charge in [0.25, 0.3) is 0 Å². The van der Waals surface area contributed by atoms with Crippen molar-refractivity contribution < 1.29 is 0 Å². The van der Waals surface area contributed by atoms with Gasteiger partial charge in [-0.1, -0.05) is 54.9 Å². The van der Waals surface area contributed by atoms with Crippen LogP contribution in [0.2, 0.25) is 0 Å². The molecule has 0 spiro atoms. The second kappa shape index (κ2) is 6.39. The number of rotatable bonds is 4. The molecule has 25 heavy (non-hydrogen) atoms. The average Bonchev–Trinajstić information content (AvgIpc) is 2.51. The third-order valence-electron chi connectivity index (χ3n) is 7.09. The van der Waals surface area contributed by atoms with E-state index in [1.165, 1.54) is 62.8 Å². The first-order chi connectivity index (χ1) is 11.5. The zero-order valence-corrected chi connectivity index (χ0v) is 17.8. The van der Waals surface area contributed by atoms with E-state index in [1.54, 1.807) is 16.7 Å². The maximum Gasteiger partial charge on any atom is 0.0442 e. The molecule has 0 amide bonds. The van der Waals surface area contributed by atoms with Gasteiger partial charge in [-0.05, 0) is 84.3 Å². The van der Waals surface area contributed by atoms with Gasteiger partial charge >= 0.3 is 0 Å². The third-order valence-corrected chi connectivity index (χ3v) is 7.09. The summed E-state index contributed by atoms with van der Waals surface area (Å²) in [6.07, 6.45) is 11.2. The van der Waals surface area contributed by atoms with E-state index in [0.717, 1.165) is 6.42 Å². The molecule has 140 valence electrons. The van der Waals surface area contributed by atoms with Crippen molar-refractivity contribution in [1.82, 2.24) is 4.98 Å². The molecule has 0 bridgehead atoms. The van der Waals surface area contributed by atoms with Gasteiger partial charge in [0.15, 0.2) is 0 Å². The minimum Gasteiger partial charge on any atom is -0.257 e. The molecule has 1 heteroatoms. The maximum absolute atomic E-state index is 5.30. The molecule has 2 aliphatic carbocycles. The van der Waals surface area contributed by atoms with Crippen molar-refractivity contribution in [1.29, 1.82) is 0 Å². The Morgan fingerprint density at radius 3 is 2.12 bits per heavy atom. The van der Waals surface area contributed by atoms with Gasteiger partial charge in [-0.2, -0.15) is 0 Å². The predicted octanol–water partition coefficient (Wildman–Crippen LogP) is 6.48. The van der Waals surface area contributed by atoms with Crippen LogP contribution in [-0.2, 0) is 32.1 Å². The Hall–Kier alpha value is -0.850. The van der Waals surface area contributed by atoms with Crippen molar-refractivity contribution in [3.05, 3.63) is 28.1 Å².